The molecule has 0 saturated carbocycles. The number of hydrogen-bond acceptors (Lipinski definition) is 4. The van der Waals surface area contributed by atoms with Crippen molar-refractivity contribution in [3.05, 3.63) is 82.0 Å². The Balaban J connectivity index is 2.07. The normalized spacial score (nSPS) is 15.2. The fourth-order valence-electron chi connectivity index (χ4n) is 4.32. The van der Waals surface area contributed by atoms with Gasteiger partial charge in [-0.25, -0.2) is 0 Å². The van der Waals surface area contributed by atoms with Gasteiger partial charge in [0.05, 0.1) is 0 Å². The number of benzene rings is 2. The van der Waals surface area contributed by atoms with E-state index in [0.717, 1.165) is 40.7 Å². The van der Waals surface area contributed by atoms with Crippen molar-refractivity contribution in [2.45, 2.75) is 78.7 Å². The number of ether oxygens (including phenoxy) is 1. The van der Waals surface area contributed by atoms with Gasteiger partial charge in [-0.15, -0.1) is 6.58 Å². The van der Waals surface area contributed by atoms with Crippen molar-refractivity contribution >= 4 is 0 Å². The summed E-state index contributed by atoms with van der Waals surface area (Å²) in [5.74, 6) is 0.701. The van der Waals surface area contributed by atoms with Crippen LogP contribution in [-0.4, -0.2) is 15.3 Å². The maximum absolute atomic E-state index is 11.0. The summed E-state index contributed by atoms with van der Waals surface area (Å²) in [4.78, 5) is 0. The Bertz CT molecular complexity index is 1140. The molecule has 0 amide bonds. The molecule has 1 atom stereocenters. The van der Waals surface area contributed by atoms with Gasteiger partial charge in [0.15, 0.2) is 11.5 Å². The zero-order valence-corrected chi connectivity index (χ0v) is 21.3. The monoisotopic (exact) mass is 462 g/mol. The standard InChI is InChI=1S/C30H38O4/c1-8-30(6,7)24-16-20-12-14-26(34-27(20)17-25(24)31)23-15-21(11-9-18(2)3)28(32)29(33)22(23)13-10-19(4)5/h8-10,15-17,26,31-33H,1,11-14H2,2-7H3. The Labute approximate surface area is 203 Å². The molecule has 2 aromatic carbocycles. The van der Waals surface area contributed by atoms with Crippen LogP contribution in [-0.2, 0) is 24.7 Å². The Morgan fingerprint density at radius 3 is 2.26 bits per heavy atom. The third-order valence-electron chi connectivity index (χ3n) is 6.61. The Morgan fingerprint density at radius 2 is 1.65 bits per heavy atom. The van der Waals surface area contributed by atoms with Gasteiger partial charge < -0.3 is 20.1 Å². The number of fused-ring (bicyclic) bond motifs is 1. The van der Waals surface area contributed by atoms with Crippen molar-refractivity contribution in [2.24, 2.45) is 0 Å². The molecule has 0 fully saturated rings. The quantitative estimate of drug-likeness (QED) is 0.297. The maximum Gasteiger partial charge on any atom is 0.161 e. The van der Waals surface area contributed by atoms with Crippen LogP contribution in [0.4, 0.5) is 0 Å². The molecule has 1 unspecified atom stereocenters. The number of allylic oxidation sites excluding steroid dienone is 5. The van der Waals surface area contributed by atoms with Crippen LogP contribution in [0.2, 0.25) is 0 Å². The average Bonchev–Trinajstić information content (AvgIpc) is 2.78. The summed E-state index contributed by atoms with van der Waals surface area (Å²) in [6, 6.07) is 5.68. The molecule has 0 bridgehead atoms. The van der Waals surface area contributed by atoms with Crippen LogP contribution in [0, 0.1) is 0 Å². The molecule has 2 aromatic rings. The van der Waals surface area contributed by atoms with E-state index in [4.69, 9.17) is 4.74 Å². The molecule has 34 heavy (non-hydrogen) atoms. The minimum absolute atomic E-state index is 0.0661. The third-order valence-corrected chi connectivity index (χ3v) is 6.61. The van der Waals surface area contributed by atoms with Gasteiger partial charge >= 0.3 is 0 Å². The molecule has 1 aliphatic heterocycles. The highest BCUT2D eigenvalue weighted by atomic mass is 16.5. The lowest BCUT2D eigenvalue weighted by molar-refractivity contribution is 0.174. The van der Waals surface area contributed by atoms with Gasteiger partial charge in [0.1, 0.15) is 17.6 Å². The van der Waals surface area contributed by atoms with E-state index in [-0.39, 0.29) is 28.8 Å². The van der Waals surface area contributed by atoms with Gasteiger partial charge in [0.2, 0.25) is 0 Å². The molecule has 1 heterocycles. The molecule has 0 aliphatic carbocycles. The highest BCUT2D eigenvalue weighted by Crippen LogP contribution is 2.45. The molecular formula is C30H38O4. The first-order valence-electron chi connectivity index (χ1n) is 11.9. The van der Waals surface area contributed by atoms with Crippen LogP contribution in [0.5, 0.6) is 23.0 Å². The number of aryl methyl sites for hydroxylation is 1. The molecule has 182 valence electrons. The summed E-state index contributed by atoms with van der Waals surface area (Å²) in [6.07, 6.45) is 8.18. The van der Waals surface area contributed by atoms with Crippen LogP contribution >= 0.6 is 0 Å². The van der Waals surface area contributed by atoms with Crippen molar-refractivity contribution in [3.8, 4) is 23.0 Å². The highest BCUT2D eigenvalue weighted by Gasteiger charge is 2.29. The van der Waals surface area contributed by atoms with E-state index < -0.39 is 0 Å². The van der Waals surface area contributed by atoms with Crippen LogP contribution in [0.15, 0.2) is 54.2 Å². The fraction of sp³-hybridized carbons (Fsp3) is 0.400. The van der Waals surface area contributed by atoms with E-state index in [1.165, 1.54) is 0 Å². The lowest BCUT2D eigenvalue weighted by atomic mass is 9.82. The fourth-order valence-corrected chi connectivity index (χ4v) is 4.32. The summed E-state index contributed by atoms with van der Waals surface area (Å²) in [5, 5.41) is 32.4. The molecule has 4 heteroatoms. The Hall–Kier alpha value is -3.14. The van der Waals surface area contributed by atoms with Crippen molar-refractivity contribution < 1.29 is 20.1 Å². The third kappa shape index (κ3) is 5.32. The molecular weight excluding hydrogens is 424 g/mol. The second kappa shape index (κ2) is 10.0. The lowest BCUT2D eigenvalue weighted by Crippen LogP contribution is -2.19. The first-order valence-corrected chi connectivity index (χ1v) is 11.9. The van der Waals surface area contributed by atoms with E-state index in [0.29, 0.717) is 29.7 Å². The summed E-state index contributed by atoms with van der Waals surface area (Å²) in [6.45, 7) is 16.0. The molecule has 3 rings (SSSR count). The number of phenolic OH excluding ortho intramolecular Hbond substituents is 3. The SMILES string of the molecule is C=CC(C)(C)c1cc2c(cc1O)OC(c1cc(CC=C(C)C)c(O)c(O)c1CC=C(C)C)CC2. The summed E-state index contributed by atoms with van der Waals surface area (Å²) >= 11 is 0. The zero-order chi connectivity index (χ0) is 25.2. The average molecular weight is 463 g/mol. The van der Waals surface area contributed by atoms with Gasteiger partial charge in [-0.3, -0.25) is 0 Å². The predicted molar refractivity (Wildman–Crippen MR) is 139 cm³/mol. The van der Waals surface area contributed by atoms with Gasteiger partial charge in [-0.05, 0) is 71.1 Å². The van der Waals surface area contributed by atoms with E-state index in [1.807, 2.05) is 71.9 Å². The second-order valence-corrected chi connectivity index (χ2v) is 10.3. The minimum atomic E-state index is -0.351. The van der Waals surface area contributed by atoms with E-state index >= 15 is 0 Å². The Kier molecular flexibility index (Phi) is 7.50. The van der Waals surface area contributed by atoms with Gasteiger partial charge in [-0.2, -0.15) is 0 Å². The van der Waals surface area contributed by atoms with Crippen LogP contribution in [0.1, 0.15) is 81.9 Å². The van der Waals surface area contributed by atoms with Crippen molar-refractivity contribution in [2.75, 3.05) is 0 Å². The number of rotatable bonds is 7. The number of hydrogen-bond donors (Lipinski definition) is 3. The first-order chi connectivity index (χ1) is 15.9. The summed E-state index contributed by atoms with van der Waals surface area (Å²) in [5.41, 5.74) is 6.05. The highest BCUT2D eigenvalue weighted by molar-refractivity contribution is 5.57. The van der Waals surface area contributed by atoms with Crippen molar-refractivity contribution in [1.82, 2.24) is 0 Å². The van der Waals surface area contributed by atoms with E-state index in [2.05, 4.69) is 6.58 Å². The van der Waals surface area contributed by atoms with E-state index in [9.17, 15) is 15.3 Å². The molecule has 1 aliphatic rings. The van der Waals surface area contributed by atoms with Crippen LogP contribution < -0.4 is 4.74 Å². The zero-order valence-electron chi connectivity index (χ0n) is 21.3. The van der Waals surface area contributed by atoms with Gasteiger partial charge in [0, 0.05) is 33.7 Å². The molecule has 0 aromatic heterocycles. The number of phenols is 3. The smallest absolute Gasteiger partial charge is 0.161 e. The van der Waals surface area contributed by atoms with Crippen molar-refractivity contribution in [3.63, 3.8) is 0 Å². The molecule has 4 nitrogen and oxygen atoms in total. The van der Waals surface area contributed by atoms with Gasteiger partial charge in [0.25, 0.3) is 0 Å². The minimum Gasteiger partial charge on any atom is -0.507 e. The maximum atomic E-state index is 11.0. The predicted octanol–water partition coefficient (Wildman–Crippen LogP) is 7.35. The number of aromatic hydroxyl groups is 3. The summed E-state index contributed by atoms with van der Waals surface area (Å²) in [7, 11) is 0. The topological polar surface area (TPSA) is 69.9 Å². The van der Waals surface area contributed by atoms with E-state index in [1.54, 1.807) is 6.07 Å². The molecule has 3 N–H and O–H groups in total. The lowest BCUT2D eigenvalue weighted by Gasteiger charge is -2.31. The van der Waals surface area contributed by atoms with Crippen molar-refractivity contribution in [1.29, 1.82) is 0 Å². The first kappa shape index (κ1) is 25.5. The molecule has 0 radical (unpaired) electrons. The Morgan fingerprint density at radius 1 is 1.00 bits per heavy atom. The largest absolute Gasteiger partial charge is 0.507 e. The summed E-state index contributed by atoms with van der Waals surface area (Å²) < 4.78 is 6.41. The van der Waals surface area contributed by atoms with Crippen LogP contribution in [0.25, 0.3) is 0 Å². The molecule has 0 saturated heterocycles. The van der Waals surface area contributed by atoms with Gasteiger partial charge in [-0.1, -0.05) is 43.2 Å². The second-order valence-electron chi connectivity index (χ2n) is 10.3. The molecule has 0 spiro atoms. The van der Waals surface area contributed by atoms with Crippen LogP contribution in [0.3, 0.4) is 0 Å².